The Hall–Kier alpha value is -2.12. The lowest BCUT2D eigenvalue weighted by molar-refractivity contribution is -0.146. The number of aliphatic hydroxyl groups is 1. The molecule has 1 aromatic rings. The van der Waals surface area contributed by atoms with Crippen molar-refractivity contribution in [2.24, 2.45) is 0 Å². The predicted octanol–water partition coefficient (Wildman–Crippen LogP) is 1.09. The second kappa shape index (κ2) is 10.8. The van der Waals surface area contributed by atoms with Crippen LogP contribution >= 0.6 is 0 Å². The van der Waals surface area contributed by atoms with Gasteiger partial charge in [-0.25, -0.2) is 0 Å². The summed E-state index contributed by atoms with van der Waals surface area (Å²) in [5.74, 6) is 0.0136. The molecule has 0 aliphatic carbocycles. The fourth-order valence-corrected chi connectivity index (χ4v) is 2.87. The van der Waals surface area contributed by atoms with E-state index in [9.17, 15) is 14.7 Å². The first-order valence-electron chi connectivity index (χ1n) is 9.05. The van der Waals surface area contributed by atoms with Crippen molar-refractivity contribution in [2.45, 2.75) is 38.8 Å². The average Bonchev–Trinajstić information content (AvgIpc) is 2.60. The number of ether oxygens (including phenoxy) is 2. The average molecular weight is 364 g/mol. The second-order valence-corrected chi connectivity index (χ2v) is 6.51. The normalized spacial score (nSPS) is 17.5. The van der Waals surface area contributed by atoms with Crippen LogP contribution in [0.5, 0.6) is 5.75 Å². The number of esters is 1. The van der Waals surface area contributed by atoms with Crippen LogP contribution in [0, 0.1) is 0 Å². The van der Waals surface area contributed by atoms with Gasteiger partial charge in [0, 0.05) is 26.6 Å². The van der Waals surface area contributed by atoms with Crippen LogP contribution in [0.4, 0.5) is 0 Å². The minimum absolute atomic E-state index is 0.223. The Morgan fingerprint density at radius 1 is 1.38 bits per heavy atom. The summed E-state index contributed by atoms with van der Waals surface area (Å²) >= 11 is 0. The molecular formula is C19H28N2O5. The van der Waals surface area contributed by atoms with Gasteiger partial charge in [0.05, 0.1) is 12.7 Å². The number of β-amino-alcohol motifs (C(OH)–C–C–N with tert-alkyl or cyclic N) is 1. The zero-order valence-corrected chi connectivity index (χ0v) is 15.3. The molecule has 26 heavy (non-hydrogen) atoms. The molecule has 1 heterocycles. The van der Waals surface area contributed by atoms with Crippen LogP contribution < -0.4 is 10.1 Å². The smallest absolute Gasteiger partial charge is 0.303 e. The number of hydrogen-bond acceptors (Lipinski definition) is 6. The molecule has 0 radical (unpaired) electrons. The molecule has 2 N–H and O–H groups in total. The quantitative estimate of drug-likeness (QED) is 0.504. The summed E-state index contributed by atoms with van der Waals surface area (Å²) in [7, 11) is 0. The van der Waals surface area contributed by atoms with Crippen LogP contribution in [0.15, 0.2) is 24.3 Å². The Morgan fingerprint density at radius 3 is 3.00 bits per heavy atom. The van der Waals surface area contributed by atoms with Crippen molar-refractivity contribution in [2.75, 3.05) is 32.8 Å². The number of carbonyl (C=O) groups excluding carboxylic acids is 2. The molecule has 7 heteroatoms. The highest BCUT2D eigenvalue weighted by Crippen LogP contribution is 2.18. The number of carbonyl (C=O) groups is 2. The minimum Gasteiger partial charge on any atom is -0.494 e. The van der Waals surface area contributed by atoms with Crippen LogP contribution in [-0.4, -0.2) is 60.8 Å². The molecule has 1 atom stereocenters. The molecule has 1 aromatic carbocycles. The predicted molar refractivity (Wildman–Crippen MR) is 96.7 cm³/mol. The van der Waals surface area contributed by atoms with Gasteiger partial charge in [0.15, 0.2) is 6.61 Å². The van der Waals surface area contributed by atoms with E-state index in [1.54, 1.807) is 0 Å². The van der Waals surface area contributed by atoms with E-state index in [1.165, 1.54) is 6.92 Å². The van der Waals surface area contributed by atoms with Gasteiger partial charge in [0.25, 0.3) is 5.91 Å². The summed E-state index contributed by atoms with van der Waals surface area (Å²) in [5.41, 5.74) is 1.16. The molecule has 1 unspecified atom stereocenters. The largest absolute Gasteiger partial charge is 0.494 e. The first kappa shape index (κ1) is 20.2. The molecule has 0 aromatic heterocycles. The van der Waals surface area contributed by atoms with Gasteiger partial charge in [-0.2, -0.15) is 0 Å². The number of hydrogen-bond donors (Lipinski definition) is 2. The third-order valence-corrected chi connectivity index (χ3v) is 4.10. The van der Waals surface area contributed by atoms with Gasteiger partial charge < -0.3 is 19.9 Å². The molecule has 1 aliphatic rings. The first-order chi connectivity index (χ1) is 12.5. The number of benzene rings is 1. The van der Waals surface area contributed by atoms with Crippen molar-refractivity contribution in [3.8, 4) is 5.75 Å². The van der Waals surface area contributed by atoms with Crippen LogP contribution in [0.3, 0.4) is 0 Å². The van der Waals surface area contributed by atoms with Gasteiger partial charge in [-0.1, -0.05) is 12.1 Å². The number of nitrogens with one attached hydrogen (secondary N) is 1. The number of piperidine rings is 1. The molecule has 144 valence electrons. The molecule has 1 fully saturated rings. The van der Waals surface area contributed by atoms with Crippen molar-refractivity contribution >= 4 is 11.9 Å². The number of rotatable bonds is 9. The maximum atomic E-state index is 11.4. The van der Waals surface area contributed by atoms with Crippen LogP contribution in [-0.2, 0) is 20.9 Å². The van der Waals surface area contributed by atoms with E-state index < -0.39 is 5.97 Å². The fourth-order valence-electron chi connectivity index (χ4n) is 2.87. The van der Waals surface area contributed by atoms with Gasteiger partial charge in [0.1, 0.15) is 5.75 Å². The molecule has 1 aliphatic heterocycles. The fraction of sp³-hybridized carbons (Fsp3) is 0.579. The summed E-state index contributed by atoms with van der Waals surface area (Å²) in [6.07, 6.45) is 2.35. The maximum absolute atomic E-state index is 11.4. The molecule has 0 spiro atoms. The van der Waals surface area contributed by atoms with E-state index in [4.69, 9.17) is 4.74 Å². The van der Waals surface area contributed by atoms with E-state index in [1.807, 2.05) is 18.2 Å². The number of nitrogens with zero attached hydrogens (tertiary/aromatic N) is 1. The van der Waals surface area contributed by atoms with Crippen molar-refractivity contribution in [1.29, 1.82) is 0 Å². The summed E-state index contributed by atoms with van der Waals surface area (Å²) in [6.45, 7) is 4.51. The van der Waals surface area contributed by atoms with Gasteiger partial charge >= 0.3 is 5.97 Å². The highest BCUT2D eigenvalue weighted by molar-refractivity contribution is 5.79. The SMILES string of the molecule is CC(=O)OCC(=O)NCCCOc1cccc(CN2CCCC(O)C2)c1. The maximum Gasteiger partial charge on any atom is 0.303 e. The van der Waals surface area contributed by atoms with E-state index in [0.29, 0.717) is 19.6 Å². The van der Waals surface area contributed by atoms with E-state index in [2.05, 4.69) is 21.0 Å². The molecule has 7 nitrogen and oxygen atoms in total. The summed E-state index contributed by atoms with van der Waals surface area (Å²) < 4.78 is 10.3. The van der Waals surface area contributed by atoms with Crippen molar-refractivity contribution in [3.05, 3.63) is 29.8 Å². The topological polar surface area (TPSA) is 88.1 Å². The number of aliphatic hydroxyl groups excluding tert-OH is 1. The second-order valence-electron chi connectivity index (χ2n) is 6.51. The zero-order chi connectivity index (χ0) is 18.8. The summed E-state index contributed by atoms with van der Waals surface area (Å²) in [6, 6.07) is 7.95. The monoisotopic (exact) mass is 364 g/mol. The Labute approximate surface area is 154 Å². The molecular weight excluding hydrogens is 336 g/mol. The minimum atomic E-state index is -0.470. The standard InChI is InChI=1S/C19H28N2O5/c1-15(22)26-14-19(24)20-8-4-10-25-18-7-2-5-16(11-18)12-21-9-3-6-17(23)13-21/h2,5,7,11,17,23H,3-4,6,8-10,12-14H2,1H3,(H,20,24). The first-order valence-corrected chi connectivity index (χ1v) is 9.05. The Balaban J connectivity index is 1.65. The Kier molecular flexibility index (Phi) is 8.37. The van der Waals surface area contributed by atoms with Gasteiger partial charge in [-0.05, 0) is 43.5 Å². The lowest BCUT2D eigenvalue weighted by atomic mass is 10.1. The van der Waals surface area contributed by atoms with Crippen molar-refractivity contribution in [3.63, 3.8) is 0 Å². The Morgan fingerprint density at radius 2 is 2.23 bits per heavy atom. The molecule has 1 saturated heterocycles. The van der Waals surface area contributed by atoms with Crippen molar-refractivity contribution < 1.29 is 24.2 Å². The third-order valence-electron chi connectivity index (χ3n) is 4.10. The van der Waals surface area contributed by atoms with Gasteiger partial charge in [-0.3, -0.25) is 14.5 Å². The number of amides is 1. The third kappa shape index (κ3) is 7.84. The highest BCUT2D eigenvalue weighted by atomic mass is 16.5. The summed E-state index contributed by atoms with van der Waals surface area (Å²) in [4.78, 5) is 24.3. The molecule has 2 rings (SSSR count). The molecule has 0 saturated carbocycles. The van der Waals surface area contributed by atoms with E-state index >= 15 is 0 Å². The lowest BCUT2D eigenvalue weighted by Gasteiger charge is -2.30. The van der Waals surface area contributed by atoms with Crippen LogP contribution in [0.1, 0.15) is 31.7 Å². The lowest BCUT2D eigenvalue weighted by Crippen LogP contribution is -2.37. The Bertz CT molecular complexity index is 593. The van der Waals surface area contributed by atoms with E-state index in [-0.39, 0.29) is 18.6 Å². The van der Waals surface area contributed by atoms with Crippen molar-refractivity contribution in [1.82, 2.24) is 10.2 Å². The zero-order valence-electron chi connectivity index (χ0n) is 15.3. The van der Waals surface area contributed by atoms with Crippen LogP contribution in [0.2, 0.25) is 0 Å². The van der Waals surface area contributed by atoms with Gasteiger partial charge in [0.2, 0.25) is 0 Å². The van der Waals surface area contributed by atoms with E-state index in [0.717, 1.165) is 43.8 Å². The van der Waals surface area contributed by atoms with Crippen LogP contribution in [0.25, 0.3) is 0 Å². The molecule has 0 bridgehead atoms. The number of likely N-dealkylation sites (tertiary alicyclic amines) is 1. The van der Waals surface area contributed by atoms with Gasteiger partial charge in [-0.15, -0.1) is 0 Å². The highest BCUT2D eigenvalue weighted by Gasteiger charge is 2.17. The summed E-state index contributed by atoms with van der Waals surface area (Å²) in [5, 5.41) is 12.4. The molecule has 1 amide bonds.